The van der Waals surface area contributed by atoms with Crippen molar-refractivity contribution in [2.24, 2.45) is 10.9 Å². The van der Waals surface area contributed by atoms with Crippen LogP contribution >= 0.6 is 11.3 Å². The van der Waals surface area contributed by atoms with E-state index in [9.17, 15) is 0 Å². The molecule has 1 saturated heterocycles. The normalized spacial score (nSPS) is 17.7. The molecule has 0 bridgehead atoms. The second kappa shape index (κ2) is 9.16. The van der Waals surface area contributed by atoms with E-state index in [4.69, 9.17) is 0 Å². The first-order valence-corrected chi connectivity index (χ1v) is 9.21. The molecule has 0 amide bonds. The standard InChI is InChI=1S/C17H30N4S/c1-14-7-11-21(12-8-14)10-4-9-19-17(18-3)20-13-16-6-5-15(2)22-16/h5-6,14H,4,7-13H2,1-3H3,(H2,18,19,20). The number of piperidine rings is 1. The van der Waals surface area contributed by atoms with Gasteiger partial charge < -0.3 is 15.5 Å². The highest BCUT2D eigenvalue weighted by Gasteiger charge is 2.14. The summed E-state index contributed by atoms with van der Waals surface area (Å²) in [6, 6.07) is 4.34. The monoisotopic (exact) mass is 322 g/mol. The summed E-state index contributed by atoms with van der Waals surface area (Å²) in [6.45, 7) is 10.1. The molecular formula is C17H30N4S. The van der Waals surface area contributed by atoms with Crippen molar-refractivity contribution in [3.05, 3.63) is 21.9 Å². The SMILES string of the molecule is CN=C(NCCCN1CCC(C)CC1)NCc1ccc(C)s1. The molecule has 4 nitrogen and oxygen atoms in total. The number of hydrogen-bond acceptors (Lipinski definition) is 3. The van der Waals surface area contributed by atoms with Gasteiger partial charge in [0.15, 0.2) is 5.96 Å². The lowest BCUT2D eigenvalue weighted by molar-refractivity contribution is 0.191. The highest BCUT2D eigenvalue weighted by atomic mass is 32.1. The van der Waals surface area contributed by atoms with Crippen molar-refractivity contribution in [2.75, 3.05) is 33.2 Å². The van der Waals surface area contributed by atoms with Crippen LogP contribution in [0.4, 0.5) is 0 Å². The molecule has 124 valence electrons. The summed E-state index contributed by atoms with van der Waals surface area (Å²) in [5.41, 5.74) is 0. The Morgan fingerprint density at radius 1 is 1.32 bits per heavy atom. The van der Waals surface area contributed by atoms with Gasteiger partial charge in [-0.15, -0.1) is 11.3 Å². The molecule has 0 aliphatic carbocycles. The van der Waals surface area contributed by atoms with Gasteiger partial charge in [-0.1, -0.05) is 6.92 Å². The lowest BCUT2D eigenvalue weighted by Gasteiger charge is -2.30. The van der Waals surface area contributed by atoms with Crippen LogP contribution in [0.25, 0.3) is 0 Å². The Bertz CT molecular complexity index is 461. The van der Waals surface area contributed by atoms with E-state index in [1.54, 1.807) is 0 Å². The molecule has 1 aromatic rings. The molecule has 0 spiro atoms. The molecule has 2 rings (SSSR count). The second-order valence-electron chi connectivity index (χ2n) is 6.24. The third-order valence-corrected chi connectivity index (χ3v) is 5.27. The third kappa shape index (κ3) is 5.97. The molecular weight excluding hydrogens is 292 g/mol. The Labute approximate surface area is 139 Å². The van der Waals surface area contributed by atoms with Crippen molar-refractivity contribution in [1.29, 1.82) is 0 Å². The van der Waals surface area contributed by atoms with E-state index in [1.165, 1.54) is 48.7 Å². The van der Waals surface area contributed by atoms with E-state index in [-0.39, 0.29) is 0 Å². The third-order valence-electron chi connectivity index (χ3n) is 4.27. The number of nitrogens with zero attached hydrogens (tertiary/aromatic N) is 2. The van der Waals surface area contributed by atoms with Gasteiger partial charge in [0.05, 0.1) is 6.54 Å². The molecule has 22 heavy (non-hydrogen) atoms. The van der Waals surface area contributed by atoms with Crippen LogP contribution in [0.3, 0.4) is 0 Å². The molecule has 1 aromatic heterocycles. The fourth-order valence-electron chi connectivity index (χ4n) is 2.77. The number of likely N-dealkylation sites (tertiary alicyclic amines) is 1. The molecule has 1 aliphatic rings. The zero-order chi connectivity index (χ0) is 15.8. The molecule has 2 N–H and O–H groups in total. The second-order valence-corrected chi connectivity index (χ2v) is 7.62. The highest BCUT2D eigenvalue weighted by molar-refractivity contribution is 7.11. The fourth-order valence-corrected chi connectivity index (χ4v) is 3.60. The molecule has 2 heterocycles. The summed E-state index contributed by atoms with van der Waals surface area (Å²) in [5.74, 6) is 1.82. The average molecular weight is 323 g/mol. The summed E-state index contributed by atoms with van der Waals surface area (Å²) >= 11 is 1.84. The Hall–Kier alpha value is -1.07. The fraction of sp³-hybridized carbons (Fsp3) is 0.706. The van der Waals surface area contributed by atoms with Gasteiger partial charge in [-0.05, 0) is 63.9 Å². The first-order chi connectivity index (χ1) is 10.7. The number of nitrogens with one attached hydrogen (secondary N) is 2. The van der Waals surface area contributed by atoms with E-state index in [0.29, 0.717) is 0 Å². The molecule has 1 aliphatic heterocycles. The molecule has 0 aromatic carbocycles. The minimum absolute atomic E-state index is 0.849. The number of aryl methyl sites for hydroxylation is 1. The number of rotatable bonds is 6. The predicted octanol–water partition coefficient (Wildman–Crippen LogP) is 2.84. The van der Waals surface area contributed by atoms with Gasteiger partial charge in [0.25, 0.3) is 0 Å². The maximum Gasteiger partial charge on any atom is 0.191 e. The zero-order valence-corrected chi connectivity index (χ0v) is 15.0. The lowest BCUT2D eigenvalue weighted by Crippen LogP contribution is -2.39. The van der Waals surface area contributed by atoms with Gasteiger partial charge in [-0.3, -0.25) is 4.99 Å². The lowest BCUT2D eigenvalue weighted by atomic mass is 9.99. The summed E-state index contributed by atoms with van der Waals surface area (Å²) in [5, 5.41) is 6.79. The van der Waals surface area contributed by atoms with Crippen LogP contribution in [0, 0.1) is 12.8 Å². The number of hydrogen-bond donors (Lipinski definition) is 2. The Kier molecular flexibility index (Phi) is 7.19. The highest BCUT2D eigenvalue weighted by Crippen LogP contribution is 2.16. The van der Waals surface area contributed by atoms with E-state index in [0.717, 1.165) is 25.0 Å². The van der Waals surface area contributed by atoms with Crippen molar-refractivity contribution >= 4 is 17.3 Å². The molecule has 0 unspecified atom stereocenters. The van der Waals surface area contributed by atoms with Crippen molar-refractivity contribution < 1.29 is 0 Å². The van der Waals surface area contributed by atoms with E-state index in [2.05, 4.69) is 46.5 Å². The first kappa shape index (κ1) is 17.3. The topological polar surface area (TPSA) is 39.7 Å². The summed E-state index contributed by atoms with van der Waals surface area (Å²) in [4.78, 5) is 9.59. The van der Waals surface area contributed by atoms with Crippen LogP contribution < -0.4 is 10.6 Å². The molecule has 5 heteroatoms. The van der Waals surface area contributed by atoms with Crippen LogP contribution in [0.5, 0.6) is 0 Å². The van der Waals surface area contributed by atoms with Gasteiger partial charge in [-0.2, -0.15) is 0 Å². The number of thiophene rings is 1. The van der Waals surface area contributed by atoms with Crippen LogP contribution in [0.1, 0.15) is 35.9 Å². The number of aliphatic imine (C=N–C) groups is 1. The van der Waals surface area contributed by atoms with Gasteiger partial charge in [0.2, 0.25) is 0 Å². The van der Waals surface area contributed by atoms with Crippen molar-refractivity contribution in [3.8, 4) is 0 Å². The van der Waals surface area contributed by atoms with Crippen molar-refractivity contribution in [3.63, 3.8) is 0 Å². The molecule has 0 saturated carbocycles. The molecule has 0 radical (unpaired) electrons. The van der Waals surface area contributed by atoms with Gasteiger partial charge in [0, 0.05) is 23.3 Å². The maximum absolute atomic E-state index is 4.29. The van der Waals surface area contributed by atoms with E-state index in [1.807, 2.05) is 18.4 Å². The van der Waals surface area contributed by atoms with Crippen molar-refractivity contribution in [2.45, 2.75) is 39.7 Å². The van der Waals surface area contributed by atoms with Crippen molar-refractivity contribution in [1.82, 2.24) is 15.5 Å². The minimum atomic E-state index is 0.849. The largest absolute Gasteiger partial charge is 0.356 e. The van der Waals surface area contributed by atoms with Gasteiger partial charge in [0.1, 0.15) is 0 Å². The Morgan fingerprint density at radius 3 is 2.73 bits per heavy atom. The van der Waals surface area contributed by atoms with Crippen LogP contribution in [0.15, 0.2) is 17.1 Å². The smallest absolute Gasteiger partial charge is 0.191 e. The van der Waals surface area contributed by atoms with Gasteiger partial charge in [-0.25, -0.2) is 0 Å². The molecule has 1 fully saturated rings. The summed E-state index contributed by atoms with van der Waals surface area (Å²) in [6.07, 6.45) is 3.89. The van der Waals surface area contributed by atoms with E-state index >= 15 is 0 Å². The first-order valence-electron chi connectivity index (χ1n) is 8.39. The van der Waals surface area contributed by atoms with Crippen LogP contribution in [0.2, 0.25) is 0 Å². The minimum Gasteiger partial charge on any atom is -0.356 e. The van der Waals surface area contributed by atoms with E-state index < -0.39 is 0 Å². The summed E-state index contributed by atoms with van der Waals surface area (Å²) in [7, 11) is 1.83. The average Bonchev–Trinajstić information content (AvgIpc) is 2.94. The quantitative estimate of drug-likeness (QED) is 0.481. The predicted molar refractivity (Wildman–Crippen MR) is 96.7 cm³/mol. The zero-order valence-electron chi connectivity index (χ0n) is 14.2. The maximum atomic E-state index is 4.29. The Morgan fingerprint density at radius 2 is 2.09 bits per heavy atom. The molecule has 0 atom stereocenters. The van der Waals surface area contributed by atoms with Gasteiger partial charge >= 0.3 is 0 Å². The number of guanidine groups is 1. The Balaban J connectivity index is 1.58. The van der Waals surface area contributed by atoms with Crippen LogP contribution in [-0.4, -0.2) is 44.1 Å². The van der Waals surface area contributed by atoms with Crippen LogP contribution in [-0.2, 0) is 6.54 Å². The summed E-state index contributed by atoms with van der Waals surface area (Å²) < 4.78 is 0.